The molecule has 0 aliphatic rings. The van der Waals surface area contributed by atoms with Crippen LogP contribution in [-0.4, -0.2) is 14.8 Å². The largest absolute Gasteiger partial charge is 0.320 e. The van der Waals surface area contributed by atoms with Gasteiger partial charge in [-0.1, -0.05) is 30.3 Å². The van der Waals surface area contributed by atoms with Gasteiger partial charge in [0.25, 0.3) is 5.69 Å². The molecule has 108 valence electrons. The van der Waals surface area contributed by atoms with Crippen LogP contribution in [0.3, 0.4) is 0 Å². The number of hydrogen-bond acceptors (Lipinski definition) is 7. The molecule has 1 aromatic heterocycles. The van der Waals surface area contributed by atoms with E-state index in [4.69, 9.17) is 4.84 Å². The fourth-order valence-corrected chi connectivity index (χ4v) is 1.52. The number of benzene rings is 1. The molecule has 2 rings (SSSR count). The van der Waals surface area contributed by atoms with Crippen LogP contribution in [0.25, 0.3) is 0 Å². The minimum Gasteiger partial charge on any atom is -0.270 e. The molecule has 0 atom stereocenters. The Morgan fingerprint density at radius 1 is 1.14 bits per heavy atom. The van der Waals surface area contributed by atoms with E-state index in [0.29, 0.717) is 0 Å². The van der Waals surface area contributed by atoms with Crippen LogP contribution < -0.4 is 5.48 Å². The van der Waals surface area contributed by atoms with Crippen LogP contribution in [0.15, 0.2) is 42.6 Å². The SMILES string of the molecule is O=[N+]([O-])c1cnc(NOCc2ccccc2)c([N+](=O)[O-])c1. The quantitative estimate of drug-likeness (QED) is 0.640. The fourth-order valence-electron chi connectivity index (χ4n) is 1.52. The third kappa shape index (κ3) is 3.70. The molecule has 0 saturated carbocycles. The van der Waals surface area contributed by atoms with Crippen molar-refractivity contribution in [2.75, 3.05) is 5.48 Å². The number of rotatable bonds is 6. The number of nitrogens with one attached hydrogen (secondary N) is 1. The summed E-state index contributed by atoms with van der Waals surface area (Å²) >= 11 is 0. The van der Waals surface area contributed by atoms with Gasteiger partial charge < -0.3 is 0 Å². The first-order valence-corrected chi connectivity index (χ1v) is 5.78. The van der Waals surface area contributed by atoms with Crippen LogP contribution in [0, 0.1) is 20.2 Å². The maximum absolute atomic E-state index is 10.9. The molecule has 9 nitrogen and oxygen atoms in total. The Morgan fingerprint density at radius 3 is 2.48 bits per heavy atom. The molecule has 0 amide bonds. The Morgan fingerprint density at radius 2 is 1.86 bits per heavy atom. The molecule has 0 radical (unpaired) electrons. The lowest BCUT2D eigenvalue weighted by molar-refractivity contribution is -0.394. The van der Waals surface area contributed by atoms with E-state index in [9.17, 15) is 20.2 Å². The molecule has 0 bridgehead atoms. The van der Waals surface area contributed by atoms with Gasteiger partial charge in [0.15, 0.2) is 0 Å². The maximum Gasteiger partial charge on any atom is 0.320 e. The molecule has 1 N–H and O–H groups in total. The lowest BCUT2D eigenvalue weighted by Gasteiger charge is -2.06. The zero-order chi connectivity index (χ0) is 15.2. The lowest BCUT2D eigenvalue weighted by atomic mass is 10.2. The molecule has 0 unspecified atom stereocenters. The number of aromatic nitrogens is 1. The van der Waals surface area contributed by atoms with Crippen LogP contribution in [0.2, 0.25) is 0 Å². The lowest BCUT2D eigenvalue weighted by Crippen LogP contribution is -2.06. The first-order chi connectivity index (χ1) is 10.1. The first kappa shape index (κ1) is 14.3. The first-order valence-electron chi connectivity index (χ1n) is 5.78. The Balaban J connectivity index is 2.09. The zero-order valence-corrected chi connectivity index (χ0v) is 10.6. The Hall–Kier alpha value is -3.07. The van der Waals surface area contributed by atoms with Gasteiger partial charge in [0.2, 0.25) is 5.82 Å². The van der Waals surface area contributed by atoms with Gasteiger partial charge in [-0.15, -0.1) is 0 Å². The van der Waals surface area contributed by atoms with E-state index in [1.165, 1.54) is 0 Å². The van der Waals surface area contributed by atoms with Gasteiger partial charge in [-0.3, -0.25) is 25.1 Å². The van der Waals surface area contributed by atoms with Gasteiger partial charge in [-0.25, -0.2) is 10.5 Å². The maximum atomic E-state index is 10.9. The standard InChI is InChI=1S/C12H10N4O5/c17-15(18)10-6-11(16(19)20)12(13-7-10)14-21-8-9-4-2-1-3-5-9/h1-7H,8H2,(H,13,14). The summed E-state index contributed by atoms with van der Waals surface area (Å²) in [6, 6.07) is 9.95. The molecule has 9 heteroatoms. The second kappa shape index (κ2) is 6.39. The molecule has 2 aromatic rings. The van der Waals surface area contributed by atoms with Gasteiger partial charge >= 0.3 is 5.69 Å². The number of pyridine rings is 1. The molecule has 0 aliphatic carbocycles. The van der Waals surface area contributed by atoms with E-state index >= 15 is 0 Å². The van der Waals surface area contributed by atoms with Crippen molar-refractivity contribution in [2.45, 2.75) is 6.61 Å². The monoisotopic (exact) mass is 290 g/mol. The average molecular weight is 290 g/mol. The van der Waals surface area contributed by atoms with Crippen LogP contribution >= 0.6 is 0 Å². The third-order valence-electron chi connectivity index (χ3n) is 2.51. The van der Waals surface area contributed by atoms with Gasteiger partial charge in [-0.05, 0) is 5.56 Å². The molecule has 0 fully saturated rings. The van der Waals surface area contributed by atoms with Gasteiger partial charge in [0, 0.05) is 0 Å². The highest BCUT2D eigenvalue weighted by Gasteiger charge is 2.21. The highest BCUT2D eigenvalue weighted by atomic mass is 16.7. The van der Waals surface area contributed by atoms with Crippen molar-refractivity contribution in [3.8, 4) is 0 Å². The summed E-state index contributed by atoms with van der Waals surface area (Å²) in [5, 5.41) is 21.5. The molecule has 0 saturated heterocycles. The number of nitrogens with zero attached hydrogens (tertiary/aromatic N) is 3. The van der Waals surface area contributed by atoms with Crippen LogP contribution in [0.5, 0.6) is 0 Å². The Labute approximate surface area is 118 Å². The number of nitro groups is 2. The number of hydrogen-bond donors (Lipinski definition) is 1. The van der Waals surface area contributed by atoms with E-state index < -0.39 is 21.2 Å². The summed E-state index contributed by atoms with van der Waals surface area (Å²) in [7, 11) is 0. The van der Waals surface area contributed by atoms with Crippen molar-refractivity contribution in [3.63, 3.8) is 0 Å². The summed E-state index contributed by atoms with van der Waals surface area (Å²) in [6.07, 6.45) is 0.918. The molecular weight excluding hydrogens is 280 g/mol. The van der Waals surface area contributed by atoms with Gasteiger partial charge in [0.1, 0.15) is 6.20 Å². The normalized spacial score (nSPS) is 10.1. The Kier molecular flexibility index (Phi) is 4.36. The zero-order valence-electron chi connectivity index (χ0n) is 10.6. The van der Waals surface area contributed by atoms with Crippen molar-refractivity contribution >= 4 is 17.2 Å². The average Bonchev–Trinajstić information content (AvgIpc) is 2.48. The summed E-state index contributed by atoms with van der Waals surface area (Å²) in [5.41, 5.74) is 2.20. The predicted molar refractivity (Wildman–Crippen MR) is 72.4 cm³/mol. The highest BCUT2D eigenvalue weighted by Crippen LogP contribution is 2.26. The van der Waals surface area contributed by atoms with Crippen molar-refractivity contribution in [1.29, 1.82) is 0 Å². The topological polar surface area (TPSA) is 120 Å². The molecular formula is C12H10N4O5. The molecule has 0 spiro atoms. The van der Waals surface area contributed by atoms with Crippen molar-refractivity contribution in [2.24, 2.45) is 0 Å². The smallest absolute Gasteiger partial charge is 0.270 e. The highest BCUT2D eigenvalue weighted by molar-refractivity contribution is 5.58. The second-order valence-electron chi connectivity index (χ2n) is 3.95. The third-order valence-corrected chi connectivity index (χ3v) is 2.51. The van der Waals surface area contributed by atoms with Gasteiger partial charge in [-0.2, -0.15) is 0 Å². The van der Waals surface area contributed by atoms with Gasteiger partial charge in [0.05, 0.1) is 22.5 Å². The molecule has 1 aromatic carbocycles. The molecule has 0 aliphatic heterocycles. The fraction of sp³-hybridized carbons (Fsp3) is 0.0833. The van der Waals surface area contributed by atoms with E-state index in [2.05, 4.69) is 10.5 Å². The Bertz CT molecular complexity index is 662. The van der Waals surface area contributed by atoms with Crippen LogP contribution in [0.4, 0.5) is 17.2 Å². The summed E-state index contributed by atoms with van der Waals surface area (Å²) in [5.74, 6) is -0.193. The summed E-state index contributed by atoms with van der Waals surface area (Å²) < 4.78 is 0. The minimum atomic E-state index is -0.770. The van der Waals surface area contributed by atoms with Crippen molar-refractivity contribution < 1.29 is 14.7 Å². The summed E-state index contributed by atoms with van der Waals surface area (Å²) in [6.45, 7) is 0.163. The van der Waals surface area contributed by atoms with E-state index in [-0.39, 0.29) is 12.4 Å². The molecule has 1 heterocycles. The van der Waals surface area contributed by atoms with E-state index in [1.807, 2.05) is 30.3 Å². The van der Waals surface area contributed by atoms with Crippen molar-refractivity contribution in [3.05, 3.63) is 68.4 Å². The van der Waals surface area contributed by atoms with Crippen molar-refractivity contribution in [1.82, 2.24) is 4.98 Å². The predicted octanol–water partition coefficient (Wildman–Crippen LogP) is 2.44. The summed E-state index contributed by atoms with van der Waals surface area (Å²) in [4.78, 5) is 28.7. The second-order valence-corrected chi connectivity index (χ2v) is 3.95. The van der Waals surface area contributed by atoms with E-state index in [0.717, 1.165) is 17.8 Å². The molecule has 21 heavy (non-hydrogen) atoms. The van der Waals surface area contributed by atoms with E-state index in [1.54, 1.807) is 0 Å². The van der Waals surface area contributed by atoms with Crippen LogP contribution in [-0.2, 0) is 11.4 Å². The minimum absolute atomic E-state index is 0.163. The number of anilines is 1. The van der Waals surface area contributed by atoms with Crippen LogP contribution in [0.1, 0.15) is 5.56 Å².